The SMILES string of the molecule is CC1CC(C)N(CC(C#N)NC(C)C)C1. The van der Waals surface area contributed by atoms with Crippen LogP contribution in [-0.2, 0) is 0 Å². The molecule has 0 spiro atoms. The maximum atomic E-state index is 9.05. The van der Waals surface area contributed by atoms with Gasteiger partial charge in [-0.3, -0.25) is 10.2 Å². The number of hydrogen-bond donors (Lipinski definition) is 1. The van der Waals surface area contributed by atoms with Crippen molar-refractivity contribution in [2.24, 2.45) is 5.92 Å². The van der Waals surface area contributed by atoms with E-state index in [2.05, 4.69) is 44.0 Å². The van der Waals surface area contributed by atoms with Gasteiger partial charge < -0.3 is 0 Å². The van der Waals surface area contributed by atoms with Gasteiger partial charge in [0.25, 0.3) is 0 Å². The third-order valence-electron chi connectivity index (χ3n) is 3.02. The minimum Gasteiger partial charge on any atom is -0.299 e. The molecule has 86 valence electrons. The van der Waals surface area contributed by atoms with Gasteiger partial charge in [-0.2, -0.15) is 5.26 Å². The number of nitriles is 1. The van der Waals surface area contributed by atoms with Crippen molar-refractivity contribution in [3.63, 3.8) is 0 Å². The Hall–Kier alpha value is -0.590. The molecule has 15 heavy (non-hydrogen) atoms. The summed E-state index contributed by atoms with van der Waals surface area (Å²) in [6.07, 6.45) is 1.26. The van der Waals surface area contributed by atoms with Crippen LogP contribution in [0, 0.1) is 17.2 Å². The van der Waals surface area contributed by atoms with Crippen molar-refractivity contribution >= 4 is 0 Å². The first-order chi connectivity index (χ1) is 7.02. The molecule has 0 aliphatic carbocycles. The molecule has 0 aromatic rings. The first-order valence-corrected chi connectivity index (χ1v) is 5.92. The van der Waals surface area contributed by atoms with Crippen molar-refractivity contribution in [1.29, 1.82) is 5.26 Å². The van der Waals surface area contributed by atoms with Crippen LogP contribution in [0.3, 0.4) is 0 Å². The quantitative estimate of drug-likeness (QED) is 0.764. The Morgan fingerprint density at radius 1 is 1.47 bits per heavy atom. The van der Waals surface area contributed by atoms with E-state index in [-0.39, 0.29) is 6.04 Å². The van der Waals surface area contributed by atoms with Crippen molar-refractivity contribution < 1.29 is 0 Å². The van der Waals surface area contributed by atoms with Gasteiger partial charge in [0, 0.05) is 25.2 Å². The number of nitrogens with one attached hydrogen (secondary N) is 1. The van der Waals surface area contributed by atoms with E-state index in [9.17, 15) is 0 Å². The maximum absolute atomic E-state index is 9.05. The molecule has 3 nitrogen and oxygen atoms in total. The van der Waals surface area contributed by atoms with Crippen molar-refractivity contribution in [3.05, 3.63) is 0 Å². The summed E-state index contributed by atoms with van der Waals surface area (Å²) >= 11 is 0. The van der Waals surface area contributed by atoms with E-state index >= 15 is 0 Å². The topological polar surface area (TPSA) is 39.1 Å². The minimum absolute atomic E-state index is 0.0299. The average Bonchev–Trinajstić information content (AvgIpc) is 2.43. The van der Waals surface area contributed by atoms with Crippen LogP contribution in [0.15, 0.2) is 0 Å². The highest BCUT2D eigenvalue weighted by atomic mass is 15.2. The molecule has 3 atom stereocenters. The Labute approximate surface area is 93.5 Å². The summed E-state index contributed by atoms with van der Waals surface area (Å²) in [7, 11) is 0. The fourth-order valence-corrected chi connectivity index (χ4v) is 2.41. The lowest BCUT2D eigenvalue weighted by Gasteiger charge is -2.25. The second-order valence-electron chi connectivity index (χ2n) is 5.15. The lowest BCUT2D eigenvalue weighted by atomic mass is 10.1. The molecule has 0 aromatic heterocycles. The Kier molecular flexibility index (Phi) is 4.56. The van der Waals surface area contributed by atoms with Crippen LogP contribution in [-0.4, -0.2) is 36.1 Å². The molecule has 3 unspecified atom stereocenters. The van der Waals surface area contributed by atoms with Crippen LogP contribution in [0.1, 0.15) is 34.1 Å². The Morgan fingerprint density at radius 3 is 2.53 bits per heavy atom. The Bertz CT molecular complexity index is 232. The summed E-state index contributed by atoms with van der Waals surface area (Å²) in [5.74, 6) is 0.776. The van der Waals surface area contributed by atoms with E-state index in [0.717, 1.165) is 19.0 Å². The molecule has 0 amide bonds. The summed E-state index contributed by atoms with van der Waals surface area (Å²) in [5, 5.41) is 12.3. The number of hydrogen-bond acceptors (Lipinski definition) is 3. The smallest absolute Gasteiger partial charge is 0.108 e. The maximum Gasteiger partial charge on any atom is 0.108 e. The van der Waals surface area contributed by atoms with Crippen LogP contribution in [0.2, 0.25) is 0 Å². The molecule has 1 N–H and O–H groups in total. The molecule has 0 bridgehead atoms. The van der Waals surface area contributed by atoms with E-state index in [4.69, 9.17) is 5.26 Å². The van der Waals surface area contributed by atoms with Crippen molar-refractivity contribution in [2.75, 3.05) is 13.1 Å². The second kappa shape index (κ2) is 5.48. The Balaban J connectivity index is 2.42. The van der Waals surface area contributed by atoms with Crippen LogP contribution < -0.4 is 5.32 Å². The van der Waals surface area contributed by atoms with E-state index in [1.165, 1.54) is 6.42 Å². The summed E-state index contributed by atoms with van der Waals surface area (Å²) in [6.45, 7) is 10.7. The molecular weight excluding hydrogens is 186 g/mol. The molecule has 3 heteroatoms. The zero-order chi connectivity index (χ0) is 11.4. The molecule has 1 heterocycles. The minimum atomic E-state index is -0.0299. The van der Waals surface area contributed by atoms with E-state index in [1.807, 2.05) is 0 Å². The number of rotatable bonds is 4. The number of nitrogens with zero attached hydrogens (tertiary/aromatic N) is 2. The second-order valence-corrected chi connectivity index (χ2v) is 5.15. The van der Waals surface area contributed by atoms with E-state index in [1.54, 1.807) is 0 Å². The standard InChI is InChI=1S/C12H23N3/c1-9(2)14-12(6-13)8-15-7-10(3)5-11(15)4/h9-12,14H,5,7-8H2,1-4H3. The van der Waals surface area contributed by atoms with Gasteiger partial charge >= 0.3 is 0 Å². The average molecular weight is 209 g/mol. The fraction of sp³-hybridized carbons (Fsp3) is 0.917. The molecule has 1 saturated heterocycles. The summed E-state index contributed by atoms with van der Waals surface area (Å²) in [5.41, 5.74) is 0. The van der Waals surface area contributed by atoms with Crippen molar-refractivity contribution in [2.45, 2.75) is 52.2 Å². The van der Waals surface area contributed by atoms with Gasteiger partial charge in [-0.15, -0.1) is 0 Å². The molecule has 1 rings (SSSR count). The predicted molar refractivity (Wildman–Crippen MR) is 62.5 cm³/mol. The van der Waals surface area contributed by atoms with Crippen molar-refractivity contribution in [3.8, 4) is 6.07 Å². The molecule has 0 radical (unpaired) electrons. The molecule has 0 aromatic carbocycles. The van der Waals surface area contributed by atoms with Gasteiger partial charge in [-0.1, -0.05) is 6.92 Å². The molecule has 1 aliphatic heterocycles. The lowest BCUT2D eigenvalue weighted by Crippen LogP contribution is -2.44. The van der Waals surface area contributed by atoms with Gasteiger partial charge in [-0.25, -0.2) is 0 Å². The fourth-order valence-electron chi connectivity index (χ4n) is 2.41. The van der Waals surface area contributed by atoms with Gasteiger partial charge in [-0.05, 0) is 33.1 Å². The molecule has 1 aliphatic rings. The highest BCUT2D eigenvalue weighted by Gasteiger charge is 2.27. The molecule has 1 fully saturated rings. The predicted octanol–water partition coefficient (Wildman–Crippen LogP) is 1.61. The normalized spacial score (nSPS) is 29.3. The van der Waals surface area contributed by atoms with Gasteiger partial charge in [0.2, 0.25) is 0 Å². The van der Waals surface area contributed by atoms with Gasteiger partial charge in [0.1, 0.15) is 6.04 Å². The highest BCUT2D eigenvalue weighted by Crippen LogP contribution is 2.22. The van der Waals surface area contributed by atoms with Crippen LogP contribution >= 0.6 is 0 Å². The highest BCUT2D eigenvalue weighted by molar-refractivity contribution is 4.95. The van der Waals surface area contributed by atoms with Crippen LogP contribution in [0.25, 0.3) is 0 Å². The van der Waals surface area contributed by atoms with Crippen LogP contribution in [0.4, 0.5) is 0 Å². The first kappa shape index (κ1) is 12.5. The summed E-state index contributed by atoms with van der Waals surface area (Å²) in [4.78, 5) is 2.42. The van der Waals surface area contributed by atoms with Gasteiger partial charge in [0.15, 0.2) is 0 Å². The zero-order valence-corrected chi connectivity index (χ0v) is 10.3. The van der Waals surface area contributed by atoms with Gasteiger partial charge in [0.05, 0.1) is 6.07 Å². The Morgan fingerprint density at radius 2 is 2.13 bits per heavy atom. The van der Waals surface area contributed by atoms with Crippen molar-refractivity contribution in [1.82, 2.24) is 10.2 Å². The number of likely N-dealkylation sites (tertiary alicyclic amines) is 1. The third-order valence-corrected chi connectivity index (χ3v) is 3.02. The molecule has 0 saturated carbocycles. The summed E-state index contributed by atoms with van der Waals surface area (Å²) in [6, 6.07) is 3.32. The largest absolute Gasteiger partial charge is 0.299 e. The monoisotopic (exact) mass is 209 g/mol. The lowest BCUT2D eigenvalue weighted by molar-refractivity contribution is 0.245. The zero-order valence-electron chi connectivity index (χ0n) is 10.3. The summed E-state index contributed by atoms with van der Waals surface area (Å²) < 4.78 is 0. The third kappa shape index (κ3) is 3.81. The van der Waals surface area contributed by atoms with E-state index < -0.39 is 0 Å². The molecular formula is C12H23N3. The van der Waals surface area contributed by atoms with E-state index in [0.29, 0.717) is 12.1 Å². The van der Waals surface area contributed by atoms with Crippen LogP contribution in [0.5, 0.6) is 0 Å². The first-order valence-electron chi connectivity index (χ1n) is 5.92.